The molecule has 0 atom stereocenters. The number of nitrogens with zero attached hydrogens (tertiary/aromatic N) is 2. The summed E-state index contributed by atoms with van der Waals surface area (Å²) in [5.74, 6) is 1.17. The summed E-state index contributed by atoms with van der Waals surface area (Å²) in [6.07, 6.45) is 5.27. The van der Waals surface area contributed by atoms with Crippen LogP contribution in [0, 0.1) is 0 Å². The van der Waals surface area contributed by atoms with Crippen LogP contribution in [0.2, 0.25) is 0 Å². The van der Waals surface area contributed by atoms with Crippen molar-refractivity contribution in [1.29, 1.82) is 0 Å². The van der Waals surface area contributed by atoms with Gasteiger partial charge in [0.2, 0.25) is 0 Å². The summed E-state index contributed by atoms with van der Waals surface area (Å²) in [5, 5.41) is 4.80. The average Bonchev–Trinajstić information content (AvgIpc) is 3.27. The molecule has 0 aliphatic carbocycles. The van der Waals surface area contributed by atoms with Gasteiger partial charge in [-0.15, -0.1) is 0 Å². The second-order valence-corrected chi connectivity index (χ2v) is 7.90. The fourth-order valence-electron chi connectivity index (χ4n) is 3.31. The zero-order valence-corrected chi connectivity index (χ0v) is 19.2. The first-order valence-corrected chi connectivity index (χ1v) is 10.7. The fraction of sp³-hybridized carbons (Fsp3) is 0.0769. The lowest BCUT2D eigenvalue weighted by molar-refractivity contribution is 0.104. The van der Waals surface area contributed by atoms with Gasteiger partial charge in [-0.3, -0.25) is 4.79 Å². The Bertz CT molecular complexity index is 1260. The molecule has 5 nitrogen and oxygen atoms in total. The van der Waals surface area contributed by atoms with Crippen molar-refractivity contribution in [2.75, 3.05) is 14.2 Å². The lowest BCUT2D eigenvalue weighted by atomic mass is 10.1. The van der Waals surface area contributed by atoms with Gasteiger partial charge < -0.3 is 9.47 Å². The molecule has 0 fully saturated rings. The molecule has 0 radical (unpaired) electrons. The molecule has 1 aromatic heterocycles. The number of hydrogen-bond acceptors (Lipinski definition) is 4. The van der Waals surface area contributed by atoms with Gasteiger partial charge in [-0.25, -0.2) is 4.68 Å². The first kappa shape index (κ1) is 21.6. The maximum absolute atomic E-state index is 12.7. The number of hydrogen-bond donors (Lipinski definition) is 0. The van der Waals surface area contributed by atoms with Crippen LogP contribution in [0.15, 0.2) is 89.5 Å². The van der Waals surface area contributed by atoms with E-state index in [1.165, 1.54) is 0 Å². The smallest absolute Gasteiger partial charge is 0.185 e. The topological polar surface area (TPSA) is 53.4 Å². The number of benzene rings is 3. The zero-order chi connectivity index (χ0) is 22.5. The number of ether oxygens (including phenoxy) is 2. The molecule has 32 heavy (non-hydrogen) atoms. The summed E-state index contributed by atoms with van der Waals surface area (Å²) in [4.78, 5) is 12.7. The predicted molar refractivity (Wildman–Crippen MR) is 130 cm³/mol. The molecule has 0 N–H and O–H groups in total. The number of allylic oxidation sites excluding steroid dienone is 1. The van der Waals surface area contributed by atoms with Gasteiger partial charge in [0.15, 0.2) is 17.3 Å². The van der Waals surface area contributed by atoms with Crippen LogP contribution in [0.1, 0.15) is 15.9 Å². The van der Waals surface area contributed by atoms with Crippen LogP contribution in [-0.2, 0) is 0 Å². The van der Waals surface area contributed by atoms with Gasteiger partial charge in [0, 0.05) is 27.4 Å². The highest BCUT2D eigenvalue weighted by Crippen LogP contribution is 2.33. The van der Waals surface area contributed by atoms with Gasteiger partial charge in [-0.05, 0) is 66.7 Å². The summed E-state index contributed by atoms with van der Waals surface area (Å²) < 4.78 is 13.5. The molecule has 0 bridgehead atoms. The monoisotopic (exact) mass is 488 g/mol. The molecule has 160 valence electrons. The summed E-state index contributed by atoms with van der Waals surface area (Å²) in [7, 11) is 3.20. The Labute approximate surface area is 195 Å². The predicted octanol–water partition coefficient (Wildman–Crippen LogP) is 6.22. The second kappa shape index (κ2) is 9.66. The number of para-hydroxylation sites is 1. The van der Waals surface area contributed by atoms with Gasteiger partial charge in [0.25, 0.3) is 0 Å². The molecule has 3 aromatic carbocycles. The number of methoxy groups -OCH3 is 2. The minimum atomic E-state index is -0.0803. The van der Waals surface area contributed by atoms with Crippen molar-refractivity contribution >= 4 is 27.8 Å². The normalized spacial score (nSPS) is 11.0. The largest absolute Gasteiger partial charge is 0.493 e. The van der Waals surface area contributed by atoms with Crippen molar-refractivity contribution in [3.05, 3.63) is 101 Å². The molecular weight excluding hydrogens is 468 g/mol. The molecule has 0 spiro atoms. The van der Waals surface area contributed by atoms with E-state index in [0.29, 0.717) is 17.1 Å². The number of aromatic nitrogens is 2. The van der Waals surface area contributed by atoms with E-state index in [-0.39, 0.29) is 5.78 Å². The highest BCUT2D eigenvalue weighted by Gasteiger charge is 2.14. The Hall–Kier alpha value is -3.64. The highest BCUT2D eigenvalue weighted by atomic mass is 79.9. The van der Waals surface area contributed by atoms with Crippen molar-refractivity contribution in [2.24, 2.45) is 0 Å². The summed E-state index contributed by atoms with van der Waals surface area (Å²) in [5.41, 5.74) is 3.94. The maximum Gasteiger partial charge on any atom is 0.185 e. The van der Waals surface area contributed by atoms with Crippen LogP contribution >= 0.6 is 15.9 Å². The van der Waals surface area contributed by atoms with Crippen molar-refractivity contribution in [3.8, 4) is 28.4 Å². The van der Waals surface area contributed by atoms with E-state index < -0.39 is 0 Å². The quantitative estimate of drug-likeness (QED) is 0.229. The molecule has 0 aliphatic heterocycles. The molecule has 0 aliphatic rings. The molecule has 4 rings (SSSR count). The Morgan fingerprint density at radius 3 is 2.34 bits per heavy atom. The second-order valence-electron chi connectivity index (χ2n) is 6.99. The molecule has 6 heteroatoms. The first-order chi connectivity index (χ1) is 15.6. The van der Waals surface area contributed by atoms with E-state index in [9.17, 15) is 4.79 Å². The third kappa shape index (κ3) is 4.65. The summed E-state index contributed by atoms with van der Waals surface area (Å²) in [6.45, 7) is 0. The first-order valence-electron chi connectivity index (χ1n) is 9.94. The molecule has 0 unspecified atom stereocenters. The minimum absolute atomic E-state index is 0.0803. The Balaban J connectivity index is 1.76. The Morgan fingerprint density at radius 1 is 0.938 bits per heavy atom. The van der Waals surface area contributed by atoms with Crippen LogP contribution in [0.3, 0.4) is 0 Å². The molecule has 0 saturated heterocycles. The number of carbonyl (C=O) groups is 1. The van der Waals surface area contributed by atoms with Crippen molar-refractivity contribution in [3.63, 3.8) is 0 Å². The number of ketones is 1. The molecule has 0 saturated carbocycles. The van der Waals surface area contributed by atoms with Gasteiger partial charge in [0.05, 0.1) is 19.9 Å². The van der Waals surface area contributed by atoms with Crippen LogP contribution < -0.4 is 9.47 Å². The minimum Gasteiger partial charge on any atom is -0.493 e. The van der Waals surface area contributed by atoms with Crippen LogP contribution in [-0.4, -0.2) is 29.8 Å². The van der Waals surface area contributed by atoms with Gasteiger partial charge in [-0.2, -0.15) is 5.10 Å². The van der Waals surface area contributed by atoms with Gasteiger partial charge >= 0.3 is 0 Å². The third-order valence-electron chi connectivity index (χ3n) is 4.96. The lowest BCUT2D eigenvalue weighted by Gasteiger charge is -2.09. The van der Waals surface area contributed by atoms with E-state index in [0.717, 1.165) is 27.0 Å². The average molecular weight is 489 g/mol. The van der Waals surface area contributed by atoms with Crippen molar-refractivity contribution < 1.29 is 14.3 Å². The molecule has 0 amide bonds. The molecular formula is C26H21BrN2O3. The third-order valence-corrected chi connectivity index (χ3v) is 5.49. The molecule has 1 heterocycles. The lowest BCUT2D eigenvalue weighted by Crippen LogP contribution is -1.95. The van der Waals surface area contributed by atoms with Crippen LogP contribution in [0.25, 0.3) is 23.0 Å². The Kier molecular flexibility index (Phi) is 6.52. The zero-order valence-electron chi connectivity index (χ0n) is 17.7. The summed E-state index contributed by atoms with van der Waals surface area (Å²) in [6, 6.07) is 22.8. The van der Waals surface area contributed by atoms with Crippen molar-refractivity contribution in [2.45, 2.75) is 0 Å². The van der Waals surface area contributed by atoms with Crippen LogP contribution in [0.5, 0.6) is 11.5 Å². The Morgan fingerprint density at radius 2 is 1.66 bits per heavy atom. The number of carbonyl (C=O) groups excluding carboxylic acids is 1. The number of rotatable bonds is 7. The maximum atomic E-state index is 12.7. The van der Waals surface area contributed by atoms with Gasteiger partial charge in [0.1, 0.15) is 5.69 Å². The molecule has 4 aromatic rings. The van der Waals surface area contributed by atoms with E-state index in [2.05, 4.69) is 15.9 Å². The van der Waals surface area contributed by atoms with E-state index in [4.69, 9.17) is 14.6 Å². The van der Waals surface area contributed by atoms with Crippen molar-refractivity contribution in [1.82, 2.24) is 9.78 Å². The standard InChI is InChI=1S/C26H21BrN2O3/c1-31-24-15-11-19(16-25(24)32-2)26-20(17-29(28-26)22-6-4-3-5-7-22)10-14-23(30)18-8-12-21(27)13-9-18/h3-17H,1-2H3/b14-10+. The van der Waals surface area contributed by atoms with E-state index >= 15 is 0 Å². The summed E-state index contributed by atoms with van der Waals surface area (Å²) >= 11 is 3.39. The fourth-order valence-corrected chi connectivity index (χ4v) is 3.57. The highest BCUT2D eigenvalue weighted by molar-refractivity contribution is 9.10. The SMILES string of the molecule is COc1ccc(-c2nn(-c3ccccc3)cc2/C=C/C(=O)c2ccc(Br)cc2)cc1OC. The number of halogens is 1. The van der Waals surface area contributed by atoms with Crippen LogP contribution in [0.4, 0.5) is 0 Å². The van der Waals surface area contributed by atoms with E-state index in [1.54, 1.807) is 43.2 Å². The van der Waals surface area contributed by atoms with E-state index in [1.807, 2.05) is 66.9 Å². The van der Waals surface area contributed by atoms with Gasteiger partial charge in [-0.1, -0.05) is 34.1 Å².